The monoisotopic (exact) mass is 241 g/mol. The normalized spacial score (nSPS) is 36.2. The van der Waals surface area contributed by atoms with Crippen LogP contribution in [0.1, 0.15) is 39.0 Å². The molecule has 2 fully saturated rings. The smallest absolute Gasteiger partial charge is 0.139 e. The maximum atomic E-state index is 11.1. The largest absolute Gasteiger partial charge is 0.396 e. The molecule has 1 N–H and O–H groups in total. The first kappa shape index (κ1) is 13.0. The average molecular weight is 241 g/mol. The number of carbonyl (C=O) groups excluding carboxylic acids is 1. The van der Waals surface area contributed by atoms with Crippen molar-refractivity contribution in [3.63, 3.8) is 0 Å². The summed E-state index contributed by atoms with van der Waals surface area (Å²) in [4.78, 5) is 16.9. The Morgan fingerprint density at radius 1 is 1.35 bits per heavy atom. The van der Waals surface area contributed by atoms with Gasteiger partial charge in [0.2, 0.25) is 0 Å². The van der Waals surface area contributed by atoms with Gasteiger partial charge in [0, 0.05) is 12.5 Å². The van der Waals surface area contributed by atoms with Gasteiger partial charge in [-0.15, -0.1) is 0 Å². The molecule has 0 aromatic rings. The van der Waals surface area contributed by atoms with Crippen LogP contribution in [0.5, 0.6) is 0 Å². The summed E-state index contributed by atoms with van der Waals surface area (Å²) in [5.41, 5.74) is 0. The van der Waals surface area contributed by atoms with Crippen molar-refractivity contribution in [2.45, 2.75) is 51.2 Å². The van der Waals surface area contributed by atoms with Gasteiger partial charge >= 0.3 is 0 Å². The fraction of sp³-hybridized carbons (Fsp3) is 0.923. The maximum Gasteiger partial charge on any atom is 0.139 e. The van der Waals surface area contributed by atoms with E-state index in [4.69, 9.17) is 4.84 Å². The summed E-state index contributed by atoms with van der Waals surface area (Å²) in [5.74, 6) is 0.576. The molecule has 1 saturated heterocycles. The first-order chi connectivity index (χ1) is 8.26. The van der Waals surface area contributed by atoms with Gasteiger partial charge < -0.3 is 9.90 Å². The van der Waals surface area contributed by atoms with E-state index in [-0.39, 0.29) is 24.7 Å². The van der Waals surface area contributed by atoms with E-state index in [0.29, 0.717) is 5.92 Å². The van der Waals surface area contributed by atoms with Gasteiger partial charge in [0.15, 0.2) is 0 Å². The molecule has 0 radical (unpaired) electrons. The molecule has 4 heteroatoms. The minimum atomic E-state index is -0.267. The molecule has 1 heterocycles. The van der Waals surface area contributed by atoms with Crippen molar-refractivity contribution in [3.8, 4) is 0 Å². The summed E-state index contributed by atoms with van der Waals surface area (Å²) in [5, 5.41) is 11.1. The van der Waals surface area contributed by atoms with Crippen molar-refractivity contribution < 1.29 is 14.7 Å². The summed E-state index contributed by atoms with van der Waals surface area (Å²) >= 11 is 0. The highest BCUT2D eigenvalue weighted by Crippen LogP contribution is 2.30. The van der Waals surface area contributed by atoms with E-state index < -0.39 is 0 Å². The molecule has 1 unspecified atom stereocenters. The standard InChI is InChI=1S/C13H23NO3/c1-10-12(8-15)13(9-16)14(17-10)7-11-5-3-2-4-6-11/h9-13,15H,2-8H2,1H3/t10?,12-,13-/m1/s1. The zero-order valence-electron chi connectivity index (χ0n) is 10.5. The minimum Gasteiger partial charge on any atom is -0.396 e. The Morgan fingerprint density at radius 3 is 2.65 bits per heavy atom. The molecule has 1 saturated carbocycles. The SMILES string of the molecule is CC1ON(CC2CCCCC2)[C@H](C=O)[C@@H]1CO. The molecule has 3 atom stereocenters. The Kier molecular flexibility index (Phi) is 4.54. The highest BCUT2D eigenvalue weighted by molar-refractivity contribution is 5.58. The first-order valence-corrected chi connectivity index (χ1v) is 6.75. The summed E-state index contributed by atoms with van der Waals surface area (Å²) in [6.07, 6.45) is 7.27. The molecule has 0 aromatic carbocycles. The van der Waals surface area contributed by atoms with E-state index in [2.05, 4.69) is 0 Å². The number of aliphatic hydroxyl groups excluding tert-OH is 1. The molecular formula is C13H23NO3. The number of rotatable bonds is 4. The maximum absolute atomic E-state index is 11.1. The van der Waals surface area contributed by atoms with Crippen LogP contribution in [0.3, 0.4) is 0 Å². The number of hydrogen-bond donors (Lipinski definition) is 1. The fourth-order valence-electron chi connectivity index (χ4n) is 3.07. The zero-order chi connectivity index (χ0) is 12.3. The Hall–Kier alpha value is -0.450. The molecule has 0 aromatic heterocycles. The van der Waals surface area contributed by atoms with Crippen LogP contribution >= 0.6 is 0 Å². The topological polar surface area (TPSA) is 49.8 Å². The van der Waals surface area contributed by atoms with Gasteiger partial charge in [-0.2, -0.15) is 5.06 Å². The Bertz CT molecular complexity index is 253. The molecule has 0 spiro atoms. The van der Waals surface area contributed by atoms with Crippen molar-refractivity contribution in [3.05, 3.63) is 0 Å². The predicted molar refractivity (Wildman–Crippen MR) is 64.3 cm³/mol. The third-order valence-corrected chi connectivity index (χ3v) is 4.19. The number of hydroxylamine groups is 2. The third kappa shape index (κ3) is 2.87. The lowest BCUT2D eigenvalue weighted by atomic mass is 9.88. The molecule has 4 nitrogen and oxygen atoms in total. The summed E-state index contributed by atoms with van der Waals surface area (Å²) in [7, 11) is 0. The quantitative estimate of drug-likeness (QED) is 0.755. The Morgan fingerprint density at radius 2 is 2.06 bits per heavy atom. The van der Waals surface area contributed by atoms with E-state index in [1.165, 1.54) is 32.1 Å². The van der Waals surface area contributed by atoms with Crippen LogP contribution in [0.15, 0.2) is 0 Å². The lowest BCUT2D eigenvalue weighted by molar-refractivity contribution is -0.168. The van der Waals surface area contributed by atoms with Crippen LogP contribution in [0.4, 0.5) is 0 Å². The van der Waals surface area contributed by atoms with E-state index in [1.807, 2.05) is 12.0 Å². The lowest BCUT2D eigenvalue weighted by Crippen LogP contribution is -2.38. The van der Waals surface area contributed by atoms with E-state index in [9.17, 15) is 9.90 Å². The van der Waals surface area contributed by atoms with Crippen LogP contribution in [0.2, 0.25) is 0 Å². The molecule has 2 aliphatic rings. The number of hydrogen-bond acceptors (Lipinski definition) is 4. The van der Waals surface area contributed by atoms with Gasteiger partial charge in [-0.25, -0.2) is 0 Å². The second-order valence-electron chi connectivity index (χ2n) is 5.39. The first-order valence-electron chi connectivity index (χ1n) is 6.75. The van der Waals surface area contributed by atoms with Crippen molar-refractivity contribution in [2.24, 2.45) is 11.8 Å². The number of nitrogens with zero attached hydrogens (tertiary/aromatic N) is 1. The average Bonchev–Trinajstić information content (AvgIpc) is 2.65. The Balaban J connectivity index is 1.93. The molecule has 1 aliphatic heterocycles. The Labute approximate surface area is 103 Å². The molecule has 2 rings (SSSR count). The van der Waals surface area contributed by atoms with Gasteiger partial charge in [-0.3, -0.25) is 4.84 Å². The van der Waals surface area contributed by atoms with Crippen LogP contribution in [-0.2, 0) is 9.63 Å². The van der Waals surface area contributed by atoms with Crippen LogP contribution < -0.4 is 0 Å². The van der Waals surface area contributed by atoms with E-state index in [0.717, 1.165) is 12.8 Å². The highest BCUT2D eigenvalue weighted by Gasteiger charge is 2.41. The highest BCUT2D eigenvalue weighted by atomic mass is 16.7. The number of aliphatic hydroxyl groups is 1. The van der Waals surface area contributed by atoms with Gasteiger partial charge in [-0.1, -0.05) is 19.3 Å². The van der Waals surface area contributed by atoms with Crippen molar-refractivity contribution in [2.75, 3.05) is 13.2 Å². The fourth-order valence-corrected chi connectivity index (χ4v) is 3.07. The van der Waals surface area contributed by atoms with E-state index in [1.54, 1.807) is 0 Å². The van der Waals surface area contributed by atoms with Gasteiger partial charge in [0.1, 0.15) is 6.29 Å². The van der Waals surface area contributed by atoms with Crippen molar-refractivity contribution >= 4 is 6.29 Å². The summed E-state index contributed by atoms with van der Waals surface area (Å²) < 4.78 is 0. The third-order valence-electron chi connectivity index (χ3n) is 4.19. The zero-order valence-corrected chi connectivity index (χ0v) is 10.5. The number of aldehydes is 1. The summed E-state index contributed by atoms with van der Waals surface area (Å²) in [6, 6.07) is -0.267. The molecule has 0 bridgehead atoms. The van der Waals surface area contributed by atoms with Gasteiger partial charge in [0.05, 0.1) is 18.8 Å². The molecule has 17 heavy (non-hydrogen) atoms. The molecule has 98 valence electrons. The second-order valence-corrected chi connectivity index (χ2v) is 5.39. The summed E-state index contributed by atoms with van der Waals surface area (Å²) in [6.45, 7) is 2.79. The van der Waals surface area contributed by atoms with Crippen molar-refractivity contribution in [1.29, 1.82) is 0 Å². The van der Waals surface area contributed by atoms with Gasteiger partial charge in [-0.05, 0) is 25.7 Å². The van der Waals surface area contributed by atoms with Crippen molar-refractivity contribution in [1.82, 2.24) is 5.06 Å². The second kappa shape index (κ2) is 5.94. The van der Waals surface area contributed by atoms with Crippen LogP contribution in [0, 0.1) is 11.8 Å². The van der Waals surface area contributed by atoms with E-state index >= 15 is 0 Å². The lowest BCUT2D eigenvalue weighted by Gasteiger charge is -2.28. The van der Waals surface area contributed by atoms with Crippen LogP contribution in [0.25, 0.3) is 0 Å². The molecular weight excluding hydrogens is 218 g/mol. The number of carbonyl (C=O) groups is 1. The molecule has 1 aliphatic carbocycles. The van der Waals surface area contributed by atoms with Crippen LogP contribution in [-0.4, -0.2) is 41.8 Å². The molecule has 0 amide bonds. The van der Waals surface area contributed by atoms with Gasteiger partial charge in [0.25, 0.3) is 0 Å². The minimum absolute atomic E-state index is 0.0196. The predicted octanol–water partition coefficient (Wildman–Crippen LogP) is 1.38.